The minimum absolute atomic E-state index is 0.507. The second-order valence-corrected chi connectivity index (χ2v) is 4.22. The Labute approximate surface area is 112 Å². The number of halogens is 4. The van der Waals surface area contributed by atoms with Gasteiger partial charge in [0.15, 0.2) is 0 Å². The number of alkyl halides is 4. The first-order chi connectivity index (χ1) is 8.36. The first kappa shape index (κ1) is 17.1. The van der Waals surface area contributed by atoms with Crippen LogP contribution in [0.15, 0.2) is 24.3 Å². The van der Waals surface area contributed by atoms with Gasteiger partial charge in [-0.3, -0.25) is 0 Å². The van der Waals surface area contributed by atoms with Crippen LogP contribution in [-0.2, 0) is 15.7 Å². The number of methoxy groups -OCH3 is 1. The van der Waals surface area contributed by atoms with E-state index in [0.717, 1.165) is 18.7 Å². The van der Waals surface area contributed by atoms with Crippen molar-refractivity contribution in [2.45, 2.75) is 17.9 Å². The molecule has 6 heteroatoms. The summed E-state index contributed by atoms with van der Waals surface area (Å²) >= 11 is 3.01. The van der Waals surface area contributed by atoms with E-state index in [1.807, 2.05) is 6.92 Å². The Kier molecular flexibility index (Phi) is 7.86. The number of carbonyl (C=O) groups excluding carboxylic acids is 1. The largest absolute Gasteiger partial charge is 0.416 e. The van der Waals surface area contributed by atoms with Crippen LogP contribution in [0.4, 0.5) is 13.2 Å². The zero-order valence-electron chi connectivity index (χ0n) is 10.00. The molecule has 0 heterocycles. The summed E-state index contributed by atoms with van der Waals surface area (Å²) in [4.78, 5) is 9.77. The zero-order valence-corrected chi connectivity index (χ0v) is 11.6. The predicted octanol–water partition coefficient (Wildman–Crippen LogP) is 3.99. The lowest BCUT2D eigenvalue weighted by molar-refractivity contribution is -0.137. The van der Waals surface area contributed by atoms with Gasteiger partial charge in [-0.1, -0.05) is 28.1 Å². The van der Waals surface area contributed by atoms with Gasteiger partial charge in [0, 0.05) is 13.7 Å². The van der Waals surface area contributed by atoms with Gasteiger partial charge in [-0.05, 0) is 24.6 Å². The van der Waals surface area contributed by atoms with Gasteiger partial charge in [0.05, 0.1) is 10.4 Å². The molecule has 0 aliphatic rings. The van der Waals surface area contributed by atoms with Gasteiger partial charge in [-0.15, -0.1) is 0 Å². The highest BCUT2D eigenvalue weighted by molar-refractivity contribution is 9.09. The molecular weight excluding hydrogens is 313 g/mol. The van der Waals surface area contributed by atoms with Crippen molar-refractivity contribution in [2.75, 3.05) is 13.7 Å². The molecule has 1 aromatic carbocycles. The molecule has 102 valence electrons. The quantitative estimate of drug-likeness (QED) is 0.620. The van der Waals surface area contributed by atoms with Crippen molar-refractivity contribution in [2.24, 2.45) is 0 Å². The molecule has 0 amide bonds. The van der Waals surface area contributed by atoms with E-state index in [0.29, 0.717) is 11.8 Å². The summed E-state index contributed by atoms with van der Waals surface area (Å²) in [6, 6.07) is 4.45. The van der Waals surface area contributed by atoms with E-state index in [-0.39, 0.29) is 0 Å². The summed E-state index contributed by atoms with van der Waals surface area (Å²) in [5.41, 5.74) is -0.208. The average Bonchev–Trinajstić information content (AvgIpc) is 2.37. The van der Waals surface area contributed by atoms with Gasteiger partial charge in [-0.2, -0.15) is 13.2 Å². The number of carbonyl (C=O) groups is 1. The number of rotatable bonds is 3. The van der Waals surface area contributed by atoms with Crippen LogP contribution >= 0.6 is 15.9 Å². The minimum atomic E-state index is -4.33. The summed E-state index contributed by atoms with van der Waals surface area (Å²) in [6.45, 7) is 2.78. The Morgan fingerprint density at radius 3 is 2.06 bits per heavy atom. The van der Waals surface area contributed by atoms with Crippen molar-refractivity contribution < 1.29 is 22.7 Å². The van der Waals surface area contributed by atoms with Crippen LogP contribution in [0.25, 0.3) is 0 Å². The summed E-state index contributed by atoms with van der Waals surface area (Å²) in [5.74, 6) is 0. The number of benzene rings is 1. The molecule has 1 unspecified atom stereocenters. The maximum atomic E-state index is 12.1. The maximum absolute atomic E-state index is 12.1. The van der Waals surface area contributed by atoms with Gasteiger partial charge in [0.1, 0.15) is 6.29 Å². The van der Waals surface area contributed by atoms with Crippen molar-refractivity contribution in [3.05, 3.63) is 35.4 Å². The van der Waals surface area contributed by atoms with Gasteiger partial charge >= 0.3 is 6.18 Å². The molecule has 2 nitrogen and oxygen atoms in total. The molecule has 0 spiro atoms. The van der Waals surface area contributed by atoms with Gasteiger partial charge in [0.25, 0.3) is 0 Å². The van der Waals surface area contributed by atoms with Crippen molar-refractivity contribution in [1.82, 2.24) is 0 Å². The van der Waals surface area contributed by atoms with Crippen molar-refractivity contribution in [3.63, 3.8) is 0 Å². The van der Waals surface area contributed by atoms with Gasteiger partial charge < -0.3 is 9.53 Å². The van der Waals surface area contributed by atoms with E-state index in [1.54, 1.807) is 7.11 Å². The normalized spacial score (nSPS) is 12.3. The molecule has 1 rings (SSSR count). The van der Waals surface area contributed by atoms with Crippen LogP contribution in [0, 0.1) is 0 Å². The lowest BCUT2D eigenvalue weighted by atomic mass is 10.1. The first-order valence-electron chi connectivity index (χ1n) is 5.12. The molecule has 0 N–H and O–H groups in total. The summed E-state index contributed by atoms with van der Waals surface area (Å²) in [6.07, 6.45) is -3.72. The third-order valence-electron chi connectivity index (χ3n) is 1.96. The molecule has 0 aromatic heterocycles. The Bertz CT molecular complexity index is 347. The zero-order chi connectivity index (χ0) is 14.2. The van der Waals surface area contributed by atoms with Crippen LogP contribution in [0.3, 0.4) is 0 Å². The molecule has 1 atom stereocenters. The van der Waals surface area contributed by atoms with Gasteiger partial charge in [0.2, 0.25) is 0 Å². The molecule has 0 saturated heterocycles. The standard InChI is InChI=1S/C9H6BrF3O.C3H8O/c10-8(5-14)6-1-3-7(4-2-6)9(11,12)13;1-3-4-2/h1-5,8H;3H2,1-2H3. The minimum Gasteiger partial charge on any atom is -0.385 e. The summed E-state index contributed by atoms with van der Waals surface area (Å²) < 4.78 is 40.9. The van der Waals surface area contributed by atoms with Gasteiger partial charge in [-0.25, -0.2) is 0 Å². The van der Waals surface area contributed by atoms with E-state index in [9.17, 15) is 18.0 Å². The summed E-state index contributed by atoms with van der Waals surface area (Å²) in [7, 11) is 1.68. The lowest BCUT2D eigenvalue weighted by Gasteiger charge is -2.07. The van der Waals surface area contributed by atoms with Crippen molar-refractivity contribution >= 4 is 22.2 Å². The van der Waals surface area contributed by atoms with E-state index >= 15 is 0 Å². The first-order valence-corrected chi connectivity index (χ1v) is 6.03. The van der Waals surface area contributed by atoms with Crippen molar-refractivity contribution in [3.8, 4) is 0 Å². The van der Waals surface area contributed by atoms with Crippen LogP contribution in [-0.4, -0.2) is 20.0 Å². The SMILES string of the molecule is CCOC.O=CC(Br)c1ccc(C(F)(F)F)cc1. The molecule has 0 aliphatic heterocycles. The Balaban J connectivity index is 0.000000631. The monoisotopic (exact) mass is 326 g/mol. The number of hydrogen-bond acceptors (Lipinski definition) is 2. The fraction of sp³-hybridized carbons (Fsp3) is 0.417. The van der Waals surface area contributed by atoms with E-state index in [1.165, 1.54) is 12.1 Å². The predicted molar refractivity (Wildman–Crippen MR) is 66.7 cm³/mol. The number of aldehydes is 1. The fourth-order valence-electron chi connectivity index (χ4n) is 0.935. The molecule has 0 saturated carbocycles. The Hall–Kier alpha value is -0.880. The Morgan fingerprint density at radius 1 is 1.33 bits per heavy atom. The van der Waals surface area contributed by atoms with Crippen molar-refractivity contribution in [1.29, 1.82) is 0 Å². The van der Waals surface area contributed by atoms with Crippen LogP contribution < -0.4 is 0 Å². The van der Waals surface area contributed by atoms with E-state index in [2.05, 4.69) is 20.7 Å². The maximum Gasteiger partial charge on any atom is 0.416 e. The molecular formula is C12H14BrF3O2. The topological polar surface area (TPSA) is 26.3 Å². The molecule has 18 heavy (non-hydrogen) atoms. The van der Waals surface area contributed by atoms with E-state index in [4.69, 9.17) is 0 Å². The number of hydrogen-bond donors (Lipinski definition) is 0. The van der Waals surface area contributed by atoms with E-state index < -0.39 is 16.6 Å². The van der Waals surface area contributed by atoms with Crippen LogP contribution in [0.5, 0.6) is 0 Å². The highest BCUT2D eigenvalue weighted by Gasteiger charge is 2.30. The third kappa shape index (κ3) is 6.16. The second kappa shape index (κ2) is 8.26. The highest BCUT2D eigenvalue weighted by atomic mass is 79.9. The highest BCUT2D eigenvalue weighted by Crippen LogP contribution is 2.30. The molecule has 0 radical (unpaired) electrons. The average molecular weight is 327 g/mol. The Morgan fingerprint density at radius 2 is 1.78 bits per heavy atom. The molecule has 0 bridgehead atoms. The smallest absolute Gasteiger partial charge is 0.385 e. The number of ether oxygens (including phenoxy) is 1. The summed E-state index contributed by atoms with van der Waals surface area (Å²) in [5, 5.41) is 0. The second-order valence-electron chi connectivity index (χ2n) is 3.23. The molecule has 0 aliphatic carbocycles. The lowest BCUT2D eigenvalue weighted by Crippen LogP contribution is -2.04. The fourth-order valence-corrected chi connectivity index (χ4v) is 1.24. The van der Waals surface area contributed by atoms with Crippen LogP contribution in [0.2, 0.25) is 0 Å². The molecule has 0 fully saturated rings. The molecule has 1 aromatic rings. The van der Waals surface area contributed by atoms with Crippen LogP contribution in [0.1, 0.15) is 22.9 Å². The third-order valence-corrected chi connectivity index (χ3v) is 2.71.